The second-order valence-electron chi connectivity index (χ2n) is 6.11. The van der Waals surface area contributed by atoms with E-state index in [2.05, 4.69) is 54.9 Å². The first-order valence-corrected chi connectivity index (χ1v) is 7.54. The van der Waals surface area contributed by atoms with Gasteiger partial charge in [-0.25, -0.2) is 15.8 Å². The minimum Gasteiger partial charge on any atom is -0.356 e. The maximum atomic E-state index is 5.59. The number of hydrogen-bond acceptors (Lipinski definition) is 5. The van der Waals surface area contributed by atoms with Crippen molar-refractivity contribution in [1.82, 2.24) is 9.97 Å². The summed E-state index contributed by atoms with van der Waals surface area (Å²) in [7, 11) is 0. The molecule has 5 heteroatoms. The van der Waals surface area contributed by atoms with E-state index in [1.54, 1.807) is 6.33 Å². The van der Waals surface area contributed by atoms with Crippen LogP contribution in [0, 0.1) is 11.8 Å². The van der Waals surface area contributed by atoms with Crippen molar-refractivity contribution in [2.75, 3.05) is 23.4 Å². The van der Waals surface area contributed by atoms with Crippen molar-refractivity contribution in [3.63, 3.8) is 0 Å². The third-order valence-electron chi connectivity index (χ3n) is 3.03. The second-order valence-corrected chi connectivity index (χ2v) is 6.11. The van der Waals surface area contributed by atoms with Crippen LogP contribution < -0.4 is 16.2 Å². The maximum absolute atomic E-state index is 5.59. The Labute approximate surface area is 123 Å². The topological polar surface area (TPSA) is 67.1 Å². The average Bonchev–Trinajstić information content (AvgIpc) is 2.37. The lowest BCUT2D eigenvalue weighted by Crippen LogP contribution is -2.33. The van der Waals surface area contributed by atoms with E-state index in [-0.39, 0.29) is 0 Å². The van der Waals surface area contributed by atoms with Crippen LogP contribution in [0.15, 0.2) is 6.33 Å². The van der Waals surface area contributed by atoms with E-state index in [0.29, 0.717) is 11.8 Å². The first-order valence-electron chi connectivity index (χ1n) is 7.54. The van der Waals surface area contributed by atoms with Crippen molar-refractivity contribution >= 4 is 11.6 Å². The molecule has 0 aliphatic heterocycles. The molecular weight excluding hydrogens is 250 g/mol. The van der Waals surface area contributed by atoms with E-state index in [1.807, 2.05) is 0 Å². The fourth-order valence-corrected chi connectivity index (χ4v) is 2.41. The highest BCUT2D eigenvalue weighted by atomic mass is 15.3. The van der Waals surface area contributed by atoms with E-state index in [0.717, 1.165) is 43.1 Å². The van der Waals surface area contributed by atoms with Crippen LogP contribution in [-0.4, -0.2) is 23.1 Å². The zero-order valence-corrected chi connectivity index (χ0v) is 13.5. The fraction of sp³-hybridized carbons (Fsp3) is 0.733. The first kappa shape index (κ1) is 16.7. The Bertz CT molecular complexity index is 393. The molecule has 0 aliphatic carbocycles. The molecule has 0 aliphatic rings. The van der Waals surface area contributed by atoms with Gasteiger partial charge in [-0.2, -0.15) is 0 Å². The Kier molecular flexibility index (Phi) is 6.71. The molecule has 20 heavy (non-hydrogen) atoms. The average molecular weight is 279 g/mol. The molecule has 0 aromatic carbocycles. The zero-order valence-electron chi connectivity index (χ0n) is 13.5. The fourth-order valence-electron chi connectivity index (χ4n) is 2.41. The molecule has 1 aromatic rings. The third-order valence-corrected chi connectivity index (χ3v) is 3.03. The first-order chi connectivity index (χ1) is 9.49. The van der Waals surface area contributed by atoms with E-state index in [9.17, 15) is 0 Å². The number of anilines is 2. The van der Waals surface area contributed by atoms with Gasteiger partial charge >= 0.3 is 0 Å². The molecule has 1 heterocycles. The molecular formula is C15H29N5. The number of rotatable bonds is 8. The lowest BCUT2D eigenvalue weighted by molar-refractivity contribution is 0.546. The van der Waals surface area contributed by atoms with Crippen LogP contribution in [0.4, 0.5) is 11.6 Å². The predicted octanol–water partition coefficient (Wildman–Crippen LogP) is 2.83. The molecule has 5 nitrogen and oxygen atoms in total. The molecule has 1 rings (SSSR count). The molecule has 0 spiro atoms. The van der Waals surface area contributed by atoms with Crippen molar-refractivity contribution in [1.29, 1.82) is 0 Å². The van der Waals surface area contributed by atoms with E-state index in [4.69, 9.17) is 5.84 Å². The Morgan fingerprint density at radius 1 is 1.15 bits per heavy atom. The number of nitrogens with one attached hydrogen (secondary N) is 1. The lowest BCUT2D eigenvalue weighted by atomic mass is 10.1. The summed E-state index contributed by atoms with van der Waals surface area (Å²) in [6, 6.07) is 0. The smallest absolute Gasteiger partial charge is 0.148 e. The summed E-state index contributed by atoms with van der Waals surface area (Å²) in [6.45, 7) is 13.1. The molecule has 0 amide bonds. The van der Waals surface area contributed by atoms with Crippen molar-refractivity contribution in [3.8, 4) is 0 Å². The highest BCUT2D eigenvalue weighted by molar-refractivity contribution is 5.58. The summed E-state index contributed by atoms with van der Waals surface area (Å²) in [6.07, 6.45) is 3.58. The standard InChI is InChI=1S/C15H29N5/c1-6-7-13-14(19-16)17-10-18-15(13)20(8-11(2)3)9-12(4)5/h10-12H,6-9,16H2,1-5H3,(H,17,18,19). The van der Waals surface area contributed by atoms with E-state index < -0.39 is 0 Å². The number of hydrazine groups is 1. The Balaban J connectivity index is 3.16. The van der Waals surface area contributed by atoms with Crippen molar-refractivity contribution in [3.05, 3.63) is 11.9 Å². The van der Waals surface area contributed by atoms with E-state index >= 15 is 0 Å². The zero-order chi connectivity index (χ0) is 15.1. The Morgan fingerprint density at radius 2 is 1.75 bits per heavy atom. The minimum atomic E-state index is 0.590. The highest BCUT2D eigenvalue weighted by Crippen LogP contribution is 2.25. The largest absolute Gasteiger partial charge is 0.356 e. The Hall–Kier alpha value is -1.36. The van der Waals surface area contributed by atoms with Gasteiger partial charge in [0.15, 0.2) is 0 Å². The van der Waals surface area contributed by atoms with Gasteiger partial charge in [-0.05, 0) is 18.3 Å². The summed E-state index contributed by atoms with van der Waals surface area (Å²) in [4.78, 5) is 11.1. The van der Waals surface area contributed by atoms with Crippen LogP contribution in [0.25, 0.3) is 0 Å². The number of aromatic nitrogens is 2. The van der Waals surface area contributed by atoms with Crippen LogP contribution in [0.5, 0.6) is 0 Å². The normalized spacial score (nSPS) is 11.2. The molecule has 0 fully saturated rings. The maximum Gasteiger partial charge on any atom is 0.148 e. The van der Waals surface area contributed by atoms with Crippen LogP contribution in [0.3, 0.4) is 0 Å². The number of nitrogens with zero attached hydrogens (tertiary/aromatic N) is 3. The lowest BCUT2D eigenvalue weighted by Gasteiger charge is -2.29. The second kappa shape index (κ2) is 8.04. The quantitative estimate of drug-likeness (QED) is 0.566. The van der Waals surface area contributed by atoms with Gasteiger partial charge in [0.25, 0.3) is 0 Å². The van der Waals surface area contributed by atoms with Gasteiger partial charge in [0.2, 0.25) is 0 Å². The SMILES string of the molecule is CCCc1c(NN)ncnc1N(CC(C)C)CC(C)C. The van der Waals surface area contributed by atoms with Gasteiger partial charge in [-0.3, -0.25) is 0 Å². The molecule has 0 atom stereocenters. The summed E-state index contributed by atoms with van der Waals surface area (Å²) in [5.41, 5.74) is 3.83. The van der Waals surface area contributed by atoms with Crippen LogP contribution in [0.2, 0.25) is 0 Å². The molecule has 3 N–H and O–H groups in total. The predicted molar refractivity (Wildman–Crippen MR) is 85.7 cm³/mol. The van der Waals surface area contributed by atoms with Crippen molar-refractivity contribution < 1.29 is 0 Å². The van der Waals surface area contributed by atoms with Crippen molar-refractivity contribution in [2.24, 2.45) is 17.7 Å². The van der Waals surface area contributed by atoms with Crippen LogP contribution in [-0.2, 0) is 6.42 Å². The molecule has 0 unspecified atom stereocenters. The van der Waals surface area contributed by atoms with Gasteiger partial charge < -0.3 is 10.3 Å². The van der Waals surface area contributed by atoms with Gasteiger partial charge in [0.05, 0.1) is 0 Å². The van der Waals surface area contributed by atoms with Crippen LogP contribution in [0.1, 0.15) is 46.6 Å². The highest BCUT2D eigenvalue weighted by Gasteiger charge is 2.18. The number of nitrogen functional groups attached to an aromatic ring is 1. The Morgan fingerprint density at radius 3 is 2.20 bits per heavy atom. The number of hydrogen-bond donors (Lipinski definition) is 2. The molecule has 114 valence electrons. The van der Waals surface area contributed by atoms with Gasteiger partial charge in [-0.1, -0.05) is 41.0 Å². The molecule has 0 radical (unpaired) electrons. The van der Waals surface area contributed by atoms with Crippen molar-refractivity contribution in [2.45, 2.75) is 47.5 Å². The molecule has 1 aromatic heterocycles. The van der Waals surface area contributed by atoms with Gasteiger partial charge in [-0.15, -0.1) is 0 Å². The molecule has 0 saturated carbocycles. The number of nitrogens with two attached hydrogens (primary N) is 1. The molecule has 0 bridgehead atoms. The van der Waals surface area contributed by atoms with Gasteiger partial charge in [0, 0.05) is 18.7 Å². The van der Waals surface area contributed by atoms with E-state index in [1.165, 1.54) is 0 Å². The summed E-state index contributed by atoms with van der Waals surface area (Å²) >= 11 is 0. The molecule has 0 saturated heterocycles. The summed E-state index contributed by atoms with van der Waals surface area (Å²) in [5, 5.41) is 0. The van der Waals surface area contributed by atoms with Crippen LogP contribution >= 0.6 is 0 Å². The third kappa shape index (κ3) is 4.63. The summed E-state index contributed by atoms with van der Waals surface area (Å²) in [5.74, 6) is 8.54. The minimum absolute atomic E-state index is 0.590. The monoisotopic (exact) mass is 279 g/mol. The summed E-state index contributed by atoms with van der Waals surface area (Å²) < 4.78 is 0. The van der Waals surface area contributed by atoms with Gasteiger partial charge in [0.1, 0.15) is 18.0 Å².